The molecule has 3 nitrogen and oxygen atoms in total. The second kappa shape index (κ2) is 5.40. The van der Waals surface area contributed by atoms with Crippen LogP contribution in [0.1, 0.15) is 38.4 Å². The number of aromatic nitrogens is 2. The summed E-state index contributed by atoms with van der Waals surface area (Å²) in [6.07, 6.45) is 7.08. The molecule has 17 heavy (non-hydrogen) atoms. The minimum Gasteiger partial charge on any atom is -0.321 e. The lowest BCUT2D eigenvalue weighted by molar-refractivity contribution is 0.159. The van der Waals surface area contributed by atoms with Crippen LogP contribution in [-0.2, 0) is 13.6 Å². The zero-order valence-corrected chi connectivity index (χ0v) is 11.7. The third-order valence-electron chi connectivity index (χ3n) is 4.03. The summed E-state index contributed by atoms with van der Waals surface area (Å²) in [4.78, 5) is 6.78. The minimum absolute atomic E-state index is 0.710. The van der Waals surface area contributed by atoms with Gasteiger partial charge >= 0.3 is 0 Å². The van der Waals surface area contributed by atoms with Gasteiger partial charge in [-0.15, -0.1) is 0 Å². The maximum absolute atomic E-state index is 6.00. The maximum Gasteiger partial charge on any atom is 0.128 e. The fourth-order valence-electron chi connectivity index (χ4n) is 2.61. The van der Waals surface area contributed by atoms with E-state index in [0.717, 1.165) is 18.3 Å². The van der Waals surface area contributed by atoms with E-state index in [1.807, 2.05) is 11.6 Å². The van der Waals surface area contributed by atoms with Gasteiger partial charge in [-0.1, -0.05) is 18.5 Å². The Morgan fingerprint density at radius 3 is 2.59 bits per heavy atom. The minimum atomic E-state index is 0.710. The first-order chi connectivity index (χ1) is 8.08. The van der Waals surface area contributed by atoms with Crippen LogP contribution in [0.25, 0.3) is 0 Å². The van der Waals surface area contributed by atoms with Crippen molar-refractivity contribution in [1.82, 2.24) is 14.5 Å². The molecule has 1 saturated carbocycles. The van der Waals surface area contributed by atoms with E-state index in [-0.39, 0.29) is 0 Å². The lowest BCUT2D eigenvalue weighted by atomic mass is 9.87. The van der Waals surface area contributed by atoms with Gasteiger partial charge in [-0.05, 0) is 38.6 Å². The Balaban J connectivity index is 1.93. The highest BCUT2D eigenvalue weighted by atomic mass is 35.5. The summed E-state index contributed by atoms with van der Waals surface area (Å²) in [7, 11) is 4.17. The van der Waals surface area contributed by atoms with Crippen molar-refractivity contribution in [3.63, 3.8) is 0 Å². The topological polar surface area (TPSA) is 21.1 Å². The Morgan fingerprint density at radius 2 is 2.06 bits per heavy atom. The number of rotatable bonds is 3. The van der Waals surface area contributed by atoms with Crippen molar-refractivity contribution in [1.29, 1.82) is 0 Å². The molecule has 1 aliphatic carbocycles. The standard InChI is InChI=1S/C13H22ClN3/c1-10-4-6-11(7-5-10)16(2)9-13-15-8-12(14)17(13)3/h8,10-11H,4-7,9H2,1-3H3. The Morgan fingerprint density at radius 1 is 1.41 bits per heavy atom. The van der Waals surface area contributed by atoms with Crippen LogP contribution in [0, 0.1) is 5.92 Å². The highest BCUT2D eigenvalue weighted by Gasteiger charge is 2.22. The molecule has 0 bridgehead atoms. The van der Waals surface area contributed by atoms with Gasteiger partial charge in [-0.2, -0.15) is 0 Å². The van der Waals surface area contributed by atoms with E-state index in [9.17, 15) is 0 Å². The van der Waals surface area contributed by atoms with Crippen LogP contribution in [0.15, 0.2) is 6.20 Å². The van der Waals surface area contributed by atoms with Gasteiger partial charge in [0.25, 0.3) is 0 Å². The van der Waals surface area contributed by atoms with Gasteiger partial charge in [0, 0.05) is 13.1 Å². The Hall–Kier alpha value is -0.540. The van der Waals surface area contributed by atoms with E-state index < -0.39 is 0 Å². The monoisotopic (exact) mass is 255 g/mol. The number of halogens is 1. The van der Waals surface area contributed by atoms with Crippen LogP contribution >= 0.6 is 11.6 Å². The summed E-state index contributed by atoms with van der Waals surface area (Å²) < 4.78 is 1.96. The molecule has 1 aromatic rings. The summed E-state index contributed by atoms with van der Waals surface area (Å²) >= 11 is 6.00. The molecule has 0 saturated heterocycles. The second-order valence-electron chi connectivity index (χ2n) is 5.38. The van der Waals surface area contributed by atoms with Crippen LogP contribution < -0.4 is 0 Å². The molecule has 96 valence electrons. The average Bonchev–Trinajstić information content (AvgIpc) is 2.62. The van der Waals surface area contributed by atoms with Crippen molar-refractivity contribution in [3.8, 4) is 0 Å². The number of nitrogens with zero attached hydrogens (tertiary/aromatic N) is 3. The lowest BCUT2D eigenvalue weighted by Crippen LogP contribution is -2.35. The van der Waals surface area contributed by atoms with Gasteiger partial charge in [0.1, 0.15) is 11.0 Å². The van der Waals surface area contributed by atoms with E-state index in [1.54, 1.807) is 6.20 Å². The number of hydrogen-bond acceptors (Lipinski definition) is 2. The highest BCUT2D eigenvalue weighted by molar-refractivity contribution is 6.29. The molecular weight excluding hydrogens is 234 g/mol. The highest BCUT2D eigenvalue weighted by Crippen LogP contribution is 2.27. The van der Waals surface area contributed by atoms with Gasteiger partial charge in [0.2, 0.25) is 0 Å². The summed E-state index contributed by atoms with van der Waals surface area (Å²) in [5.41, 5.74) is 0. The van der Waals surface area contributed by atoms with E-state index in [0.29, 0.717) is 11.2 Å². The first-order valence-electron chi connectivity index (χ1n) is 6.44. The number of hydrogen-bond donors (Lipinski definition) is 0. The molecular formula is C13H22ClN3. The molecule has 1 fully saturated rings. The van der Waals surface area contributed by atoms with Gasteiger partial charge in [-0.3, -0.25) is 4.90 Å². The van der Waals surface area contributed by atoms with Gasteiger partial charge in [0.05, 0.1) is 12.7 Å². The lowest BCUT2D eigenvalue weighted by Gasteiger charge is -2.33. The summed E-state index contributed by atoms with van der Waals surface area (Å²) in [5, 5.41) is 0.714. The molecule has 0 N–H and O–H groups in total. The second-order valence-corrected chi connectivity index (χ2v) is 5.77. The Labute approximate surface area is 109 Å². The van der Waals surface area contributed by atoms with Crippen LogP contribution in [0.5, 0.6) is 0 Å². The van der Waals surface area contributed by atoms with Crippen molar-refractivity contribution >= 4 is 11.6 Å². The quantitative estimate of drug-likeness (QED) is 0.828. The van der Waals surface area contributed by atoms with Crippen LogP contribution in [-0.4, -0.2) is 27.5 Å². The first kappa shape index (κ1) is 12.9. The van der Waals surface area contributed by atoms with Crippen molar-refractivity contribution in [3.05, 3.63) is 17.2 Å². The molecule has 1 aliphatic rings. The summed E-state index contributed by atoms with van der Waals surface area (Å²) in [5.74, 6) is 1.96. The molecule has 0 radical (unpaired) electrons. The van der Waals surface area contributed by atoms with Crippen molar-refractivity contribution < 1.29 is 0 Å². The fourth-order valence-corrected chi connectivity index (χ4v) is 2.75. The van der Waals surface area contributed by atoms with Crippen molar-refractivity contribution in [2.45, 2.75) is 45.2 Å². The fraction of sp³-hybridized carbons (Fsp3) is 0.769. The first-order valence-corrected chi connectivity index (χ1v) is 6.82. The molecule has 0 aromatic carbocycles. The molecule has 4 heteroatoms. The predicted octanol–water partition coefficient (Wildman–Crippen LogP) is 3.08. The molecule has 2 rings (SSSR count). The van der Waals surface area contributed by atoms with Crippen LogP contribution in [0.3, 0.4) is 0 Å². The Kier molecular flexibility index (Phi) is 4.10. The van der Waals surface area contributed by atoms with Crippen LogP contribution in [0.2, 0.25) is 5.15 Å². The van der Waals surface area contributed by atoms with E-state index >= 15 is 0 Å². The van der Waals surface area contributed by atoms with Crippen LogP contribution in [0.4, 0.5) is 0 Å². The van der Waals surface area contributed by atoms with Gasteiger partial charge in [-0.25, -0.2) is 4.98 Å². The van der Waals surface area contributed by atoms with E-state index in [1.165, 1.54) is 25.7 Å². The normalized spacial score (nSPS) is 25.5. The maximum atomic E-state index is 6.00. The molecule has 0 aliphatic heterocycles. The molecule has 0 amide bonds. The van der Waals surface area contributed by atoms with Gasteiger partial charge in [0.15, 0.2) is 0 Å². The zero-order valence-electron chi connectivity index (χ0n) is 11.0. The number of imidazole rings is 1. The third-order valence-corrected chi connectivity index (χ3v) is 4.38. The average molecular weight is 256 g/mol. The smallest absolute Gasteiger partial charge is 0.128 e. The SMILES string of the molecule is CC1CCC(N(C)Cc2ncc(Cl)n2C)CC1. The summed E-state index contributed by atoms with van der Waals surface area (Å²) in [6, 6.07) is 0.710. The van der Waals surface area contributed by atoms with E-state index in [2.05, 4.69) is 23.9 Å². The van der Waals surface area contributed by atoms with Crippen molar-refractivity contribution in [2.75, 3.05) is 7.05 Å². The molecule has 0 atom stereocenters. The molecule has 0 spiro atoms. The molecule has 0 unspecified atom stereocenters. The Bertz CT molecular complexity index is 367. The van der Waals surface area contributed by atoms with E-state index in [4.69, 9.17) is 11.6 Å². The largest absolute Gasteiger partial charge is 0.321 e. The van der Waals surface area contributed by atoms with Gasteiger partial charge < -0.3 is 4.57 Å². The molecule has 1 aromatic heterocycles. The molecule has 1 heterocycles. The zero-order chi connectivity index (χ0) is 12.4. The van der Waals surface area contributed by atoms with Crippen molar-refractivity contribution in [2.24, 2.45) is 13.0 Å². The predicted molar refractivity (Wildman–Crippen MR) is 71.1 cm³/mol. The summed E-state index contributed by atoms with van der Waals surface area (Å²) in [6.45, 7) is 3.25. The third kappa shape index (κ3) is 3.02.